The highest BCUT2D eigenvalue weighted by atomic mass is 16.5. The Hall–Kier alpha value is -2.63. The van der Waals surface area contributed by atoms with Gasteiger partial charge in [-0.15, -0.1) is 0 Å². The Morgan fingerprint density at radius 3 is 2.31 bits per heavy atom. The summed E-state index contributed by atoms with van der Waals surface area (Å²) in [7, 11) is 0. The van der Waals surface area contributed by atoms with Gasteiger partial charge in [0.05, 0.1) is 17.7 Å². The van der Waals surface area contributed by atoms with E-state index in [0.717, 1.165) is 36.6 Å². The molecule has 32 heavy (non-hydrogen) atoms. The number of aryl methyl sites for hydroxylation is 2. The van der Waals surface area contributed by atoms with Gasteiger partial charge in [0.2, 0.25) is 5.56 Å². The van der Waals surface area contributed by atoms with Crippen LogP contribution < -0.4 is 10.9 Å². The quantitative estimate of drug-likeness (QED) is 0.485. The molecular weight excluding hydrogens is 400 g/mol. The summed E-state index contributed by atoms with van der Waals surface area (Å²) in [6, 6.07) is 12.0. The van der Waals surface area contributed by atoms with Crippen LogP contribution >= 0.6 is 0 Å². The average Bonchev–Trinajstić information content (AvgIpc) is 3.17. The van der Waals surface area contributed by atoms with Crippen LogP contribution in [0.4, 0.5) is 0 Å². The van der Waals surface area contributed by atoms with Crippen molar-refractivity contribution in [1.29, 1.82) is 0 Å². The zero-order valence-electron chi connectivity index (χ0n) is 19.5. The zero-order chi connectivity index (χ0) is 22.8. The maximum absolute atomic E-state index is 11.8. The number of ether oxygens (including phenoxy) is 1. The highest BCUT2D eigenvalue weighted by molar-refractivity contribution is 5.87. The van der Waals surface area contributed by atoms with Crippen molar-refractivity contribution in [2.75, 3.05) is 6.54 Å². The number of aromatic amines is 1. The van der Waals surface area contributed by atoms with E-state index in [-0.39, 0.29) is 23.5 Å². The van der Waals surface area contributed by atoms with Crippen molar-refractivity contribution in [3.63, 3.8) is 0 Å². The summed E-state index contributed by atoms with van der Waals surface area (Å²) in [6.45, 7) is 9.18. The average molecular weight is 435 g/mol. The molecule has 1 atom stereocenters. The molecule has 4 rings (SSSR count). The zero-order valence-corrected chi connectivity index (χ0v) is 19.5. The topological polar surface area (TPSA) is 74.3 Å². The van der Waals surface area contributed by atoms with E-state index in [4.69, 9.17) is 4.74 Å². The molecular formula is C27H34N2O3. The van der Waals surface area contributed by atoms with Crippen molar-refractivity contribution in [1.82, 2.24) is 10.3 Å². The molecule has 0 spiro atoms. The third-order valence-corrected chi connectivity index (χ3v) is 6.50. The summed E-state index contributed by atoms with van der Waals surface area (Å²) in [5.41, 5.74) is 7.06. The minimum atomic E-state index is -0.231. The van der Waals surface area contributed by atoms with Crippen LogP contribution in [0.1, 0.15) is 61.6 Å². The van der Waals surface area contributed by atoms with Gasteiger partial charge in [-0.1, -0.05) is 32.0 Å². The minimum absolute atomic E-state index is 0.0495. The second-order valence-electron chi connectivity index (χ2n) is 9.07. The summed E-state index contributed by atoms with van der Waals surface area (Å²) < 4.78 is 6.29. The first-order valence-corrected chi connectivity index (χ1v) is 11.8. The number of pyridine rings is 1. The third-order valence-electron chi connectivity index (χ3n) is 6.50. The van der Waals surface area contributed by atoms with E-state index in [1.807, 2.05) is 19.9 Å². The number of nitrogens with one attached hydrogen (secondary N) is 2. The molecule has 1 aliphatic carbocycles. The van der Waals surface area contributed by atoms with Crippen LogP contribution in [0.2, 0.25) is 0 Å². The van der Waals surface area contributed by atoms with E-state index < -0.39 is 0 Å². The fourth-order valence-electron chi connectivity index (χ4n) is 4.95. The lowest BCUT2D eigenvalue weighted by molar-refractivity contribution is 0.00661. The number of H-pyrrole nitrogens is 1. The number of fused-ring (bicyclic) bond motifs is 2. The van der Waals surface area contributed by atoms with E-state index in [2.05, 4.69) is 36.3 Å². The number of phenols is 1. The fraction of sp³-hybridized carbons (Fsp3) is 0.444. The number of rotatable bonds is 8. The Kier molecular flexibility index (Phi) is 6.68. The molecule has 0 amide bonds. The van der Waals surface area contributed by atoms with E-state index in [1.54, 1.807) is 12.1 Å². The molecule has 170 valence electrons. The largest absolute Gasteiger partial charge is 0.506 e. The Morgan fingerprint density at radius 1 is 1.06 bits per heavy atom. The van der Waals surface area contributed by atoms with E-state index in [9.17, 15) is 9.90 Å². The molecule has 0 fully saturated rings. The van der Waals surface area contributed by atoms with Crippen molar-refractivity contribution < 1.29 is 9.84 Å². The van der Waals surface area contributed by atoms with Gasteiger partial charge < -0.3 is 20.1 Å². The molecule has 0 radical (unpaired) electrons. The number of aromatic hydroxyl groups is 1. The van der Waals surface area contributed by atoms with Gasteiger partial charge >= 0.3 is 0 Å². The summed E-state index contributed by atoms with van der Waals surface area (Å²) in [5, 5.41) is 14.8. The van der Waals surface area contributed by atoms with Gasteiger partial charge in [-0.25, -0.2) is 0 Å². The summed E-state index contributed by atoms with van der Waals surface area (Å²) in [6.07, 6.45) is 4.08. The van der Waals surface area contributed by atoms with E-state index in [0.29, 0.717) is 18.1 Å². The van der Waals surface area contributed by atoms with Gasteiger partial charge in [-0.05, 0) is 79.5 Å². The number of hydrogen-bond acceptors (Lipinski definition) is 4. The normalized spacial score (nSPS) is 14.9. The van der Waals surface area contributed by atoms with Crippen LogP contribution in [-0.2, 0) is 30.4 Å². The molecule has 1 unspecified atom stereocenters. The first kappa shape index (κ1) is 22.6. The molecule has 0 aliphatic heterocycles. The predicted molar refractivity (Wildman–Crippen MR) is 130 cm³/mol. The smallest absolute Gasteiger partial charge is 0.248 e. The molecule has 5 heteroatoms. The number of phenolic OH excluding ortho intramolecular Hbond substituents is 1. The van der Waals surface area contributed by atoms with Crippen LogP contribution in [0.3, 0.4) is 0 Å². The van der Waals surface area contributed by atoms with Crippen molar-refractivity contribution in [3.8, 4) is 5.75 Å². The van der Waals surface area contributed by atoms with Crippen molar-refractivity contribution in [2.45, 2.75) is 71.6 Å². The molecule has 0 saturated heterocycles. The van der Waals surface area contributed by atoms with Crippen LogP contribution in [0.15, 0.2) is 41.2 Å². The first-order chi connectivity index (χ1) is 15.4. The molecule has 3 N–H and O–H groups in total. The molecule has 3 aromatic rings. The monoisotopic (exact) mass is 434 g/mol. The van der Waals surface area contributed by atoms with Gasteiger partial charge in [0.1, 0.15) is 5.75 Å². The highest BCUT2D eigenvalue weighted by Gasteiger charge is 2.25. The van der Waals surface area contributed by atoms with E-state index in [1.165, 1.54) is 28.3 Å². The second kappa shape index (κ2) is 9.47. The lowest BCUT2D eigenvalue weighted by atomic mass is 9.97. The number of hydrogen-bond donors (Lipinski definition) is 3. The lowest BCUT2D eigenvalue weighted by Gasteiger charge is -2.24. The first-order valence-electron chi connectivity index (χ1n) is 11.8. The third kappa shape index (κ3) is 4.59. The van der Waals surface area contributed by atoms with Gasteiger partial charge in [0, 0.05) is 24.0 Å². The molecule has 2 aromatic carbocycles. The summed E-state index contributed by atoms with van der Waals surface area (Å²) in [4.78, 5) is 14.5. The van der Waals surface area contributed by atoms with Crippen LogP contribution in [0.5, 0.6) is 5.75 Å². The Balaban J connectivity index is 1.55. The maximum Gasteiger partial charge on any atom is 0.248 e. The van der Waals surface area contributed by atoms with E-state index >= 15 is 0 Å². The maximum atomic E-state index is 11.8. The van der Waals surface area contributed by atoms with Gasteiger partial charge in [-0.3, -0.25) is 4.79 Å². The van der Waals surface area contributed by atoms with Crippen LogP contribution in [0.25, 0.3) is 10.9 Å². The van der Waals surface area contributed by atoms with Crippen molar-refractivity contribution in [2.24, 2.45) is 0 Å². The second-order valence-corrected chi connectivity index (χ2v) is 9.07. The molecule has 5 nitrogen and oxygen atoms in total. The SMILES string of the molecule is CCc1cc2c(cc1CC)CC(NCC(OC(C)C)c1ccc(O)c3[nH]c(=O)ccc13)C2. The molecule has 1 aliphatic rings. The number of aromatic nitrogens is 1. The summed E-state index contributed by atoms with van der Waals surface area (Å²) in [5.74, 6) is 0.0717. The van der Waals surface area contributed by atoms with Crippen molar-refractivity contribution in [3.05, 3.63) is 74.6 Å². The molecule has 1 aromatic heterocycles. The Morgan fingerprint density at radius 2 is 1.72 bits per heavy atom. The number of benzene rings is 2. The minimum Gasteiger partial charge on any atom is -0.506 e. The van der Waals surface area contributed by atoms with Crippen LogP contribution in [0, 0.1) is 0 Å². The predicted octanol–water partition coefficient (Wildman–Crippen LogP) is 4.58. The van der Waals surface area contributed by atoms with Crippen LogP contribution in [-0.4, -0.2) is 28.8 Å². The Bertz CT molecular complexity index is 1130. The molecule has 0 saturated carbocycles. The summed E-state index contributed by atoms with van der Waals surface area (Å²) >= 11 is 0. The molecule has 0 bridgehead atoms. The van der Waals surface area contributed by atoms with Gasteiger partial charge in [-0.2, -0.15) is 0 Å². The standard InChI is InChI=1S/C27H34N2O3/c1-5-17-11-19-13-21(14-20(19)12-18(17)6-2)28-15-25(32-16(3)4)22-7-9-24(30)27-23(22)8-10-26(31)29-27/h7-12,16,21,25,28,30H,5-6,13-15H2,1-4H3,(H,29,31). The highest BCUT2D eigenvalue weighted by Crippen LogP contribution is 2.32. The van der Waals surface area contributed by atoms with Gasteiger partial charge in [0.25, 0.3) is 0 Å². The van der Waals surface area contributed by atoms with Gasteiger partial charge in [0.15, 0.2) is 0 Å². The Labute approximate surface area is 189 Å². The van der Waals surface area contributed by atoms with Crippen molar-refractivity contribution >= 4 is 10.9 Å². The molecule has 1 heterocycles. The fourth-order valence-corrected chi connectivity index (χ4v) is 4.95. The lowest BCUT2D eigenvalue weighted by Crippen LogP contribution is -2.34.